The number of thiocarbonyl (C=S) groups is 1. The summed E-state index contributed by atoms with van der Waals surface area (Å²) >= 11 is 5.35. The predicted octanol–water partition coefficient (Wildman–Crippen LogP) is 4.58. The van der Waals surface area contributed by atoms with Crippen LogP contribution < -0.4 is 20.1 Å². The van der Waals surface area contributed by atoms with Crippen LogP contribution in [0.5, 0.6) is 0 Å². The molecule has 0 fully saturated rings. The van der Waals surface area contributed by atoms with Crippen molar-refractivity contribution >= 4 is 60.4 Å². The SMILES string of the molecule is Cc1cc(NS(=O)(=O)c2ccc(NC(=S)Nc3ccc(S(=O)(=O)Nc4ccnn4-c4ccccc4)cc3)cc2)no1. The predicted molar refractivity (Wildman–Crippen MR) is 159 cm³/mol. The molecule has 0 aliphatic heterocycles. The first-order chi connectivity index (χ1) is 19.6. The van der Waals surface area contributed by atoms with Gasteiger partial charge in [-0.3, -0.25) is 9.44 Å². The van der Waals surface area contributed by atoms with Crippen molar-refractivity contribution in [1.82, 2.24) is 14.9 Å². The minimum atomic E-state index is -3.89. The van der Waals surface area contributed by atoms with Gasteiger partial charge in [-0.05, 0) is 79.8 Å². The topological polar surface area (TPSA) is 160 Å². The molecular formula is C26H23N7O5S3. The maximum atomic E-state index is 13.0. The Labute approximate surface area is 241 Å². The molecule has 0 unspecified atom stereocenters. The van der Waals surface area contributed by atoms with Crippen molar-refractivity contribution in [2.45, 2.75) is 16.7 Å². The van der Waals surface area contributed by atoms with Crippen LogP contribution in [0.3, 0.4) is 0 Å². The number of aromatic nitrogens is 3. The van der Waals surface area contributed by atoms with E-state index < -0.39 is 20.0 Å². The number of hydrogen-bond acceptors (Lipinski definition) is 8. The van der Waals surface area contributed by atoms with Gasteiger partial charge < -0.3 is 15.2 Å². The number of para-hydroxylation sites is 1. The van der Waals surface area contributed by atoms with Gasteiger partial charge in [0, 0.05) is 23.5 Å². The van der Waals surface area contributed by atoms with Crippen molar-refractivity contribution in [1.29, 1.82) is 0 Å². The number of sulfonamides is 2. The summed E-state index contributed by atoms with van der Waals surface area (Å²) in [4.78, 5) is 0.0775. The zero-order valence-electron chi connectivity index (χ0n) is 21.3. The van der Waals surface area contributed by atoms with E-state index in [0.717, 1.165) is 0 Å². The average Bonchev–Trinajstić information content (AvgIpc) is 3.57. The van der Waals surface area contributed by atoms with Crippen LogP contribution >= 0.6 is 12.2 Å². The molecule has 2 heterocycles. The van der Waals surface area contributed by atoms with Crippen LogP contribution in [0.25, 0.3) is 5.69 Å². The molecule has 0 spiro atoms. The monoisotopic (exact) mass is 609 g/mol. The third kappa shape index (κ3) is 6.71. The Bertz CT molecular complexity index is 1890. The van der Waals surface area contributed by atoms with Crippen LogP contribution in [0, 0.1) is 6.92 Å². The number of nitrogens with zero attached hydrogens (tertiary/aromatic N) is 3. The molecule has 4 N–H and O–H groups in total. The number of nitrogens with one attached hydrogen (secondary N) is 4. The number of hydrogen-bond donors (Lipinski definition) is 4. The molecule has 12 nitrogen and oxygen atoms in total. The molecule has 5 rings (SSSR count). The molecule has 0 atom stereocenters. The summed E-state index contributed by atoms with van der Waals surface area (Å²) in [5.41, 5.74) is 1.80. The fraction of sp³-hybridized carbons (Fsp3) is 0.0385. The van der Waals surface area contributed by atoms with Crippen molar-refractivity contribution in [3.05, 3.63) is 103 Å². The Balaban J connectivity index is 1.19. The summed E-state index contributed by atoms with van der Waals surface area (Å²) in [7, 11) is -7.74. The summed E-state index contributed by atoms with van der Waals surface area (Å²) in [6, 6.07) is 24.2. The fourth-order valence-corrected chi connectivity index (χ4v) is 5.95. The fourth-order valence-electron chi connectivity index (χ4n) is 3.69. The lowest BCUT2D eigenvalue weighted by Gasteiger charge is -2.13. The molecule has 0 saturated heterocycles. The van der Waals surface area contributed by atoms with Gasteiger partial charge in [0.1, 0.15) is 11.6 Å². The summed E-state index contributed by atoms with van der Waals surface area (Å²) in [5, 5.41) is 14.0. The summed E-state index contributed by atoms with van der Waals surface area (Å²) in [6.07, 6.45) is 1.51. The molecule has 0 aliphatic carbocycles. The molecule has 210 valence electrons. The van der Waals surface area contributed by atoms with Crippen LogP contribution in [0.2, 0.25) is 0 Å². The summed E-state index contributed by atoms with van der Waals surface area (Å²) in [6.45, 7) is 1.65. The maximum absolute atomic E-state index is 13.0. The highest BCUT2D eigenvalue weighted by Crippen LogP contribution is 2.22. The molecule has 2 aromatic heterocycles. The van der Waals surface area contributed by atoms with Crippen LogP contribution in [0.15, 0.2) is 112 Å². The first-order valence-corrected chi connectivity index (χ1v) is 15.3. The second kappa shape index (κ2) is 11.4. The van der Waals surface area contributed by atoms with Crippen molar-refractivity contribution in [3.8, 4) is 5.69 Å². The van der Waals surface area contributed by atoms with Gasteiger partial charge in [-0.25, -0.2) is 21.5 Å². The van der Waals surface area contributed by atoms with E-state index in [2.05, 4.69) is 30.3 Å². The number of benzene rings is 3. The summed E-state index contributed by atoms with van der Waals surface area (Å²) in [5.74, 6) is 0.860. The van der Waals surface area contributed by atoms with Crippen LogP contribution in [0.4, 0.5) is 23.0 Å². The van der Waals surface area contributed by atoms with Crippen LogP contribution in [-0.2, 0) is 20.0 Å². The van der Waals surface area contributed by atoms with E-state index in [9.17, 15) is 16.8 Å². The van der Waals surface area contributed by atoms with Gasteiger partial charge >= 0.3 is 0 Å². The van der Waals surface area contributed by atoms with E-state index in [-0.39, 0.29) is 20.7 Å². The highest BCUT2D eigenvalue weighted by Gasteiger charge is 2.18. The standard InChI is InChI=1S/C26H23N7O5S3/c1-18-17-24(30-38-18)31-40(34,35)22-11-7-19(8-12-22)28-26(39)29-20-9-13-23(14-10-20)41(36,37)32-25-15-16-27-33(25)21-5-3-2-4-6-21/h2-17,32H,1H3,(H,30,31)(H2,28,29,39). The second-order valence-corrected chi connectivity index (χ2v) is 12.4. The van der Waals surface area contributed by atoms with Gasteiger partial charge in [0.25, 0.3) is 20.0 Å². The Hall–Kier alpha value is -4.73. The van der Waals surface area contributed by atoms with Gasteiger partial charge in [0.2, 0.25) is 0 Å². The summed E-state index contributed by atoms with van der Waals surface area (Å²) < 4.78 is 62.4. The third-order valence-corrected chi connectivity index (χ3v) is 8.54. The van der Waals surface area contributed by atoms with E-state index in [1.54, 1.807) is 37.3 Å². The number of anilines is 4. The van der Waals surface area contributed by atoms with Gasteiger partial charge in [-0.2, -0.15) is 5.10 Å². The smallest absolute Gasteiger partial charge is 0.263 e. The number of aryl methyl sites for hydroxylation is 1. The van der Waals surface area contributed by atoms with Gasteiger partial charge in [0.15, 0.2) is 10.9 Å². The quantitative estimate of drug-likeness (QED) is 0.174. The molecule has 0 radical (unpaired) electrons. The minimum absolute atomic E-state index is 0.0276. The van der Waals surface area contributed by atoms with Gasteiger partial charge in [-0.1, -0.05) is 23.4 Å². The zero-order valence-corrected chi connectivity index (χ0v) is 23.8. The van der Waals surface area contributed by atoms with Crippen LogP contribution in [0.1, 0.15) is 5.76 Å². The van der Waals surface area contributed by atoms with Crippen molar-refractivity contribution in [3.63, 3.8) is 0 Å². The lowest BCUT2D eigenvalue weighted by atomic mass is 10.3. The first-order valence-electron chi connectivity index (χ1n) is 12.0. The molecular weight excluding hydrogens is 587 g/mol. The second-order valence-electron chi connectivity index (χ2n) is 8.63. The Morgan fingerprint density at radius 3 is 1.88 bits per heavy atom. The van der Waals surface area contributed by atoms with Crippen molar-refractivity contribution in [2.75, 3.05) is 20.1 Å². The van der Waals surface area contributed by atoms with E-state index in [1.807, 2.05) is 30.3 Å². The van der Waals surface area contributed by atoms with E-state index in [0.29, 0.717) is 28.6 Å². The molecule has 0 amide bonds. The minimum Gasteiger partial charge on any atom is -0.360 e. The molecule has 15 heteroatoms. The molecule has 0 bridgehead atoms. The number of rotatable bonds is 9. The highest BCUT2D eigenvalue weighted by molar-refractivity contribution is 7.93. The molecule has 41 heavy (non-hydrogen) atoms. The Morgan fingerprint density at radius 1 is 0.780 bits per heavy atom. The largest absolute Gasteiger partial charge is 0.360 e. The highest BCUT2D eigenvalue weighted by atomic mass is 32.2. The normalized spacial score (nSPS) is 11.5. The lowest BCUT2D eigenvalue weighted by molar-refractivity contribution is 0.400. The Morgan fingerprint density at radius 2 is 1.34 bits per heavy atom. The van der Waals surface area contributed by atoms with Crippen molar-refractivity contribution in [2.24, 2.45) is 0 Å². The first kappa shape index (κ1) is 27.8. The molecule has 5 aromatic rings. The van der Waals surface area contributed by atoms with Crippen molar-refractivity contribution < 1.29 is 21.4 Å². The zero-order chi connectivity index (χ0) is 29.0. The molecule has 0 saturated carbocycles. The van der Waals surface area contributed by atoms with E-state index in [1.165, 1.54) is 41.2 Å². The van der Waals surface area contributed by atoms with E-state index in [4.69, 9.17) is 16.7 Å². The van der Waals surface area contributed by atoms with Gasteiger partial charge in [0.05, 0.1) is 21.7 Å². The molecule has 0 aliphatic rings. The third-order valence-electron chi connectivity index (χ3n) is 5.59. The van der Waals surface area contributed by atoms with Crippen LogP contribution in [-0.4, -0.2) is 36.9 Å². The Kier molecular flexibility index (Phi) is 7.74. The lowest BCUT2D eigenvalue weighted by Crippen LogP contribution is -2.19. The molecule has 3 aromatic carbocycles. The van der Waals surface area contributed by atoms with E-state index >= 15 is 0 Å². The maximum Gasteiger partial charge on any atom is 0.263 e. The van der Waals surface area contributed by atoms with Gasteiger partial charge in [-0.15, -0.1) is 0 Å². The average molecular weight is 610 g/mol.